The Kier molecular flexibility index (Phi) is 24.8. The molecule has 9 nitrogen and oxygen atoms in total. The molecule has 0 unspecified atom stereocenters. The van der Waals surface area contributed by atoms with Crippen LogP contribution in [0.15, 0.2) is 0 Å². The fraction of sp³-hybridized carbons (Fsp3) is 0. The molecular weight excluding hydrogens is 339 g/mol. The van der Waals surface area contributed by atoms with Crippen molar-refractivity contribution >= 4 is 20.8 Å². The molecule has 0 aliphatic carbocycles. The first-order valence-corrected chi connectivity index (χ1v) is 4.00. The van der Waals surface area contributed by atoms with E-state index in [-0.39, 0.29) is 44.4 Å². The van der Waals surface area contributed by atoms with E-state index in [1.54, 1.807) is 0 Å². The standard InChI is InChI=1S/2H2O4S.H2O.2Zn/c2*1-5(2,3)4;;;/h2*(H2,1,2,3,4);1H2;;/q;;;2*+2/p-4. The molecule has 0 spiro atoms. The number of hydrogen-bond donors (Lipinski definition) is 0. The average molecular weight is 341 g/mol. The maximum atomic E-state index is 8.52. The van der Waals surface area contributed by atoms with Crippen molar-refractivity contribution in [3.05, 3.63) is 0 Å². The maximum Gasteiger partial charge on any atom is 2.00 e. The molecule has 13 heavy (non-hydrogen) atoms. The van der Waals surface area contributed by atoms with Crippen LogP contribution in [0, 0.1) is 0 Å². The summed E-state index contributed by atoms with van der Waals surface area (Å²) in [7, 11) is -10.3. The molecule has 0 radical (unpaired) electrons. The molecule has 0 amide bonds. The Morgan fingerprint density at radius 2 is 0.615 bits per heavy atom. The van der Waals surface area contributed by atoms with E-state index in [1.165, 1.54) is 0 Å². The molecule has 0 aliphatic rings. The topological polar surface area (TPSA) is 192 Å². The molecule has 0 aromatic heterocycles. The summed E-state index contributed by atoms with van der Waals surface area (Å²) in [4.78, 5) is 0. The van der Waals surface area contributed by atoms with Gasteiger partial charge in [0.1, 0.15) is 0 Å². The van der Waals surface area contributed by atoms with Crippen LogP contribution in [-0.4, -0.2) is 40.5 Å². The Morgan fingerprint density at radius 1 is 0.615 bits per heavy atom. The van der Waals surface area contributed by atoms with E-state index >= 15 is 0 Å². The minimum Gasteiger partial charge on any atom is -0.759 e. The van der Waals surface area contributed by atoms with Crippen LogP contribution in [0.1, 0.15) is 0 Å². The van der Waals surface area contributed by atoms with Gasteiger partial charge in [0.2, 0.25) is 0 Å². The van der Waals surface area contributed by atoms with Crippen molar-refractivity contribution in [2.24, 2.45) is 0 Å². The van der Waals surface area contributed by atoms with E-state index in [4.69, 9.17) is 35.0 Å². The van der Waals surface area contributed by atoms with Crippen LogP contribution in [0.4, 0.5) is 0 Å². The van der Waals surface area contributed by atoms with Gasteiger partial charge in [-0.3, -0.25) is 16.8 Å². The number of rotatable bonds is 0. The zero-order chi connectivity index (χ0) is 9.00. The Hall–Kier alpha value is 0.947. The van der Waals surface area contributed by atoms with Gasteiger partial charge >= 0.3 is 39.0 Å². The van der Waals surface area contributed by atoms with E-state index in [2.05, 4.69) is 0 Å². The van der Waals surface area contributed by atoms with E-state index < -0.39 is 20.8 Å². The maximum absolute atomic E-state index is 8.52. The summed E-state index contributed by atoms with van der Waals surface area (Å²) in [6, 6.07) is 0. The zero-order valence-corrected chi connectivity index (χ0v) is 13.6. The third kappa shape index (κ3) is 1730. The number of hydrogen-bond acceptors (Lipinski definition) is 8. The van der Waals surface area contributed by atoms with Crippen LogP contribution in [0.3, 0.4) is 0 Å². The normalized spacial score (nSPS) is 8.92. The predicted octanol–water partition coefficient (Wildman–Crippen LogP) is -3.51. The van der Waals surface area contributed by atoms with Crippen molar-refractivity contribution in [3.63, 3.8) is 0 Å². The first-order valence-electron chi connectivity index (χ1n) is 1.33. The summed E-state index contributed by atoms with van der Waals surface area (Å²) in [5.41, 5.74) is 0. The molecule has 13 heteroatoms. The van der Waals surface area contributed by atoms with Crippen molar-refractivity contribution in [1.29, 1.82) is 0 Å². The summed E-state index contributed by atoms with van der Waals surface area (Å²) in [5.74, 6) is 0. The van der Waals surface area contributed by atoms with Crippen LogP contribution in [0.2, 0.25) is 0 Å². The van der Waals surface area contributed by atoms with Gasteiger partial charge in [-0.25, -0.2) is 0 Å². The third-order valence-corrected chi connectivity index (χ3v) is 0. The first-order chi connectivity index (χ1) is 4.00. The van der Waals surface area contributed by atoms with Gasteiger partial charge in [0.05, 0.1) is 0 Å². The molecule has 0 heterocycles. The molecule has 2 N–H and O–H groups in total. The Bertz CT molecular complexity index is 212. The smallest absolute Gasteiger partial charge is 0.759 e. The second-order valence-corrected chi connectivity index (χ2v) is 2.45. The van der Waals surface area contributed by atoms with Gasteiger partial charge in [0.15, 0.2) is 0 Å². The van der Waals surface area contributed by atoms with Gasteiger partial charge in [0, 0.05) is 20.8 Å². The Morgan fingerprint density at radius 3 is 0.615 bits per heavy atom. The van der Waals surface area contributed by atoms with Crippen molar-refractivity contribution in [2.45, 2.75) is 0 Å². The molecule has 0 aliphatic heterocycles. The zero-order valence-electron chi connectivity index (χ0n) is 6.00. The van der Waals surface area contributed by atoms with E-state index in [9.17, 15) is 0 Å². The average Bonchev–Trinajstić information content (AvgIpc) is 1.12. The molecule has 0 aromatic rings. The van der Waals surface area contributed by atoms with Gasteiger partial charge in [-0.1, -0.05) is 0 Å². The quantitative estimate of drug-likeness (QED) is 0.246. The van der Waals surface area contributed by atoms with Crippen molar-refractivity contribution in [1.82, 2.24) is 0 Å². The first kappa shape index (κ1) is 29.2. The van der Waals surface area contributed by atoms with Crippen LogP contribution >= 0.6 is 0 Å². The van der Waals surface area contributed by atoms with E-state index in [1.807, 2.05) is 0 Å². The van der Waals surface area contributed by atoms with Gasteiger partial charge in [-0.2, -0.15) is 0 Å². The van der Waals surface area contributed by atoms with Gasteiger partial charge in [-0.15, -0.1) is 0 Å². The van der Waals surface area contributed by atoms with Gasteiger partial charge in [0.25, 0.3) is 0 Å². The van der Waals surface area contributed by atoms with Crippen molar-refractivity contribution < 1.29 is 79.5 Å². The summed E-state index contributed by atoms with van der Waals surface area (Å²) in [5, 5.41) is 0. The van der Waals surface area contributed by atoms with Gasteiger partial charge in [-0.05, 0) is 0 Å². The largest absolute Gasteiger partial charge is 2.00 e. The second-order valence-electron chi connectivity index (χ2n) is 0.816. The fourth-order valence-corrected chi connectivity index (χ4v) is 0. The van der Waals surface area contributed by atoms with Crippen LogP contribution in [0.25, 0.3) is 0 Å². The third-order valence-electron chi connectivity index (χ3n) is 0. The molecule has 0 saturated heterocycles. The molecule has 0 fully saturated rings. The summed E-state index contributed by atoms with van der Waals surface area (Å²) in [6.45, 7) is 0. The fourth-order valence-electron chi connectivity index (χ4n) is 0. The van der Waals surface area contributed by atoms with Crippen LogP contribution in [0.5, 0.6) is 0 Å². The minimum absolute atomic E-state index is 0. The molecular formula is H2O9S2Zn2. The molecule has 0 rings (SSSR count). The summed E-state index contributed by atoms with van der Waals surface area (Å²) in [6.07, 6.45) is 0. The Balaban J connectivity index is -0.0000000267. The molecule has 0 aromatic carbocycles. The molecule has 72 valence electrons. The summed E-state index contributed by atoms with van der Waals surface area (Å²) >= 11 is 0. The van der Waals surface area contributed by atoms with Crippen LogP contribution < -0.4 is 0 Å². The molecule has 0 saturated carbocycles. The monoisotopic (exact) mass is 338 g/mol. The predicted molar refractivity (Wildman–Crippen MR) is 24.6 cm³/mol. The van der Waals surface area contributed by atoms with Crippen molar-refractivity contribution in [3.8, 4) is 0 Å². The summed E-state index contributed by atoms with van der Waals surface area (Å²) < 4.78 is 68.2. The molecule has 0 atom stereocenters. The van der Waals surface area contributed by atoms with Crippen molar-refractivity contribution in [2.75, 3.05) is 0 Å². The minimum atomic E-state index is -5.17. The second kappa shape index (κ2) is 11.0. The molecule has 0 bridgehead atoms. The van der Waals surface area contributed by atoms with E-state index in [0.717, 1.165) is 0 Å². The SMILES string of the molecule is O.O=S(=O)([O-])[O-].O=S(=O)([O-])[O-].[Zn+2].[Zn+2]. The Labute approximate surface area is 99.9 Å². The van der Waals surface area contributed by atoms with Crippen LogP contribution in [-0.2, 0) is 59.8 Å². The van der Waals surface area contributed by atoms with Gasteiger partial charge < -0.3 is 23.7 Å². The van der Waals surface area contributed by atoms with E-state index in [0.29, 0.717) is 0 Å².